The normalized spacial score (nSPS) is 11.1. The molecule has 9 nitrogen and oxygen atoms in total. The van der Waals surface area contributed by atoms with Gasteiger partial charge >= 0.3 is 0 Å². The van der Waals surface area contributed by atoms with Gasteiger partial charge in [-0.15, -0.1) is 0 Å². The summed E-state index contributed by atoms with van der Waals surface area (Å²) in [6.45, 7) is 0. The van der Waals surface area contributed by atoms with Gasteiger partial charge in [0, 0.05) is 5.56 Å². The number of hydrogen-bond acceptors (Lipinski definition) is 7. The standard InChI is InChI=1S/C15H15N5O4/c1-22-11-5-4-9(12(23-2)13(11)24-3)6-18-20-8-16-14-10(15(20)21)7-17-19-14/h4-8H,1-3H3,(H,17,19)/b18-6+. The average Bonchev–Trinajstić information content (AvgIpc) is 3.09. The molecule has 0 bridgehead atoms. The van der Waals surface area contributed by atoms with Crippen LogP contribution in [0.15, 0.2) is 34.6 Å². The molecule has 0 saturated heterocycles. The summed E-state index contributed by atoms with van der Waals surface area (Å²) in [5.74, 6) is 1.43. The Hall–Kier alpha value is -3.36. The molecule has 124 valence electrons. The second-order valence-corrected chi connectivity index (χ2v) is 4.69. The van der Waals surface area contributed by atoms with E-state index in [4.69, 9.17) is 14.2 Å². The lowest BCUT2D eigenvalue weighted by Gasteiger charge is -2.13. The van der Waals surface area contributed by atoms with Crippen molar-refractivity contribution >= 4 is 17.2 Å². The van der Waals surface area contributed by atoms with Crippen molar-refractivity contribution in [2.45, 2.75) is 0 Å². The Labute approximate surface area is 136 Å². The molecule has 0 unspecified atom stereocenters. The van der Waals surface area contributed by atoms with E-state index in [2.05, 4.69) is 20.3 Å². The summed E-state index contributed by atoms with van der Waals surface area (Å²) >= 11 is 0. The predicted octanol–water partition coefficient (Wildman–Crippen LogP) is 1.03. The van der Waals surface area contributed by atoms with Crippen LogP contribution in [0.5, 0.6) is 17.2 Å². The SMILES string of the molecule is COc1ccc(/C=N/n2cnc3[nH]ncc3c2=O)c(OC)c1OC. The van der Waals surface area contributed by atoms with Gasteiger partial charge in [0.15, 0.2) is 17.1 Å². The Morgan fingerprint density at radius 1 is 1.17 bits per heavy atom. The minimum Gasteiger partial charge on any atom is -0.493 e. The second-order valence-electron chi connectivity index (χ2n) is 4.69. The lowest BCUT2D eigenvalue weighted by atomic mass is 10.2. The van der Waals surface area contributed by atoms with Gasteiger partial charge in [-0.1, -0.05) is 0 Å². The fourth-order valence-electron chi connectivity index (χ4n) is 2.26. The number of ether oxygens (including phenoxy) is 3. The van der Waals surface area contributed by atoms with Gasteiger partial charge in [0.05, 0.1) is 33.7 Å². The number of benzene rings is 1. The molecular weight excluding hydrogens is 314 g/mol. The molecule has 0 aliphatic rings. The molecule has 0 saturated carbocycles. The lowest BCUT2D eigenvalue weighted by molar-refractivity contribution is 0.324. The molecule has 24 heavy (non-hydrogen) atoms. The third-order valence-electron chi connectivity index (χ3n) is 3.41. The van der Waals surface area contributed by atoms with Gasteiger partial charge in [0.1, 0.15) is 11.7 Å². The maximum Gasteiger partial charge on any atom is 0.285 e. The highest BCUT2D eigenvalue weighted by Crippen LogP contribution is 2.38. The van der Waals surface area contributed by atoms with Gasteiger partial charge in [0.25, 0.3) is 5.56 Å². The first kappa shape index (κ1) is 15.5. The van der Waals surface area contributed by atoms with Crippen LogP contribution in [0.3, 0.4) is 0 Å². The molecule has 0 spiro atoms. The molecular formula is C15H15N5O4. The number of H-pyrrole nitrogens is 1. The Morgan fingerprint density at radius 2 is 1.96 bits per heavy atom. The van der Waals surface area contributed by atoms with Gasteiger partial charge in [0.2, 0.25) is 5.75 Å². The molecule has 0 atom stereocenters. The molecule has 2 heterocycles. The first-order chi connectivity index (χ1) is 11.7. The summed E-state index contributed by atoms with van der Waals surface area (Å²) in [6, 6.07) is 3.47. The van der Waals surface area contributed by atoms with Gasteiger partial charge in [-0.25, -0.2) is 4.98 Å². The van der Waals surface area contributed by atoms with Crippen molar-refractivity contribution in [3.8, 4) is 17.2 Å². The number of rotatable bonds is 5. The van der Waals surface area contributed by atoms with Crippen LogP contribution in [0.4, 0.5) is 0 Å². The average molecular weight is 329 g/mol. The van der Waals surface area contributed by atoms with Crippen LogP contribution in [-0.4, -0.2) is 47.4 Å². The first-order valence-electron chi connectivity index (χ1n) is 6.93. The number of aromatic amines is 1. The van der Waals surface area contributed by atoms with E-state index < -0.39 is 0 Å². The van der Waals surface area contributed by atoms with Crippen molar-refractivity contribution < 1.29 is 14.2 Å². The largest absolute Gasteiger partial charge is 0.493 e. The van der Waals surface area contributed by atoms with Gasteiger partial charge in [-0.05, 0) is 12.1 Å². The molecule has 1 N–H and O–H groups in total. The van der Waals surface area contributed by atoms with Crippen molar-refractivity contribution in [1.29, 1.82) is 0 Å². The van der Waals surface area contributed by atoms with Crippen molar-refractivity contribution in [1.82, 2.24) is 19.9 Å². The zero-order chi connectivity index (χ0) is 17.1. The van der Waals surface area contributed by atoms with E-state index >= 15 is 0 Å². The molecule has 3 aromatic rings. The molecule has 0 fully saturated rings. The zero-order valence-corrected chi connectivity index (χ0v) is 13.3. The van der Waals surface area contributed by atoms with Crippen LogP contribution in [0.1, 0.15) is 5.56 Å². The number of fused-ring (bicyclic) bond motifs is 1. The van der Waals surface area contributed by atoms with Gasteiger partial charge in [-0.2, -0.15) is 14.9 Å². The van der Waals surface area contributed by atoms with Crippen molar-refractivity contribution in [2.24, 2.45) is 5.10 Å². The van der Waals surface area contributed by atoms with Gasteiger partial charge in [-0.3, -0.25) is 9.89 Å². The minimum atomic E-state index is -0.329. The minimum absolute atomic E-state index is 0.329. The van der Waals surface area contributed by atoms with Crippen LogP contribution in [0, 0.1) is 0 Å². The summed E-state index contributed by atoms with van der Waals surface area (Å²) in [4.78, 5) is 16.3. The lowest BCUT2D eigenvalue weighted by Crippen LogP contribution is -2.16. The van der Waals surface area contributed by atoms with Crippen LogP contribution in [0.2, 0.25) is 0 Å². The van der Waals surface area contributed by atoms with E-state index in [9.17, 15) is 4.79 Å². The van der Waals surface area contributed by atoms with Crippen LogP contribution in [-0.2, 0) is 0 Å². The molecule has 9 heteroatoms. The highest BCUT2D eigenvalue weighted by atomic mass is 16.5. The summed E-state index contributed by atoms with van der Waals surface area (Å²) in [5.41, 5.74) is 0.703. The molecule has 1 aromatic carbocycles. The fraction of sp³-hybridized carbons (Fsp3) is 0.200. The molecule has 0 radical (unpaired) electrons. The maximum absolute atomic E-state index is 12.3. The van der Waals surface area contributed by atoms with Crippen LogP contribution < -0.4 is 19.8 Å². The number of nitrogens with one attached hydrogen (secondary N) is 1. The highest BCUT2D eigenvalue weighted by molar-refractivity contribution is 5.86. The van der Waals surface area contributed by atoms with E-state index in [1.165, 1.54) is 40.1 Å². The summed E-state index contributed by atoms with van der Waals surface area (Å²) < 4.78 is 17.0. The first-order valence-corrected chi connectivity index (χ1v) is 6.93. The van der Waals surface area contributed by atoms with Crippen LogP contribution >= 0.6 is 0 Å². The van der Waals surface area contributed by atoms with E-state index in [0.717, 1.165) is 4.68 Å². The number of aromatic nitrogens is 4. The molecule has 0 amide bonds. The van der Waals surface area contributed by atoms with E-state index in [1.807, 2.05) is 0 Å². The monoisotopic (exact) mass is 329 g/mol. The Balaban J connectivity index is 2.05. The Kier molecular flexibility index (Phi) is 4.15. The molecule has 0 aliphatic heterocycles. The quantitative estimate of drug-likeness (QED) is 0.701. The highest BCUT2D eigenvalue weighted by Gasteiger charge is 2.14. The van der Waals surface area contributed by atoms with Crippen LogP contribution in [0.25, 0.3) is 11.0 Å². The number of hydrogen-bond donors (Lipinski definition) is 1. The molecule has 2 aromatic heterocycles. The number of nitrogens with zero attached hydrogens (tertiary/aromatic N) is 4. The topological polar surface area (TPSA) is 104 Å². The van der Waals surface area contributed by atoms with E-state index in [0.29, 0.717) is 33.8 Å². The Morgan fingerprint density at radius 3 is 2.67 bits per heavy atom. The zero-order valence-electron chi connectivity index (χ0n) is 13.3. The van der Waals surface area contributed by atoms with Gasteiger partial charge < -0.3 is 14.2 Å². The summed E-state index contributed by atoms with van der Waals surface area (Å²) in [7, 11) is 4.57. The van der Waals surface area contributed by atoms with E-state index in [1.54, 1.807) is 12.1 Å². The summed E-state index contributed by atoms with van der Waals surface area (Å²) in [6.07, 6.45) is 4.20. The third-order valence-corrected chi connectivity index (χ3v) is 3.41. The van der Waals surface area contributed by atoms with Crippen molar-refractivity contribution in [3.63, 3.8) is 0 Å². The fourth-order valence-corrected chi connectivity index (χ4v) is 2.26. The summed E-state index contributed by atoms with van der Waals surface area (Å²) in [5, 5.41) is 10.9. The Bertz CT molecular complexity index is 960. The van der Waals surface area contributed by atoms with Crippen molar-refractivity contribution in [2.75, 3.05) is 21.3 Å². The number of methoxy groups -OCH3 is 3. The molecule has 0 aliphatic carbocycles. The molecule has 3 rings (SSSR count). The predicted molar refractivity (Wildman–Crippen MR) is 87.2 cm³/mol. The second kappa shape index (κ2) is 6.41. The third kappa shape index (κ3) is 2.56. The van der Waals surface area contributed by atoms with Crippen molar-refractivity contribution in [3.05, 3.63) is 40.6 Å². The van der Waals surface area contributed by atoms with E-state index in [-0.39, 0.29) is 5.56 Å². The smallest absolute Gasteiger partial charge is 0.285 e. The maximum atomic E-state index is 12.3.